The predicted molar refractivity (Wildman–Crippen MR) is 57.7 cm³/mol. The van der Waals surface area contributed by atoms with Crippen LogP contribution in [0.4, 0.5) is 0 Å². The summed E-state index contributed by atoms with van der Waals surface area (Å²) < 4.78 is 0. The van der Waals surface area contributed by atoms with Gasteiger partial charge in [-0.15, -0.1) is 0 Å². The van der Waals surface area contributed by atoms with Crippen LogP contribution in [0, 0.1) is 11.8 Å². The summed E-state index contributed by atoms with van der Waals surface area (Å²) in [7, 11) is 0. The molecule has 1 heterocycles. The van der Waals surface area contributed by atoms with E-state index < -0.39 is 0 Å². The second-order valence-electron chi connectivity index (χ2n) is 4.86. The largest absolute Gasteiger partial charge is 0.330 e. The lowest BCUT2D eigenvalue weighted by Gasteiger charge is -2.38. The second-order valence-corrected chi connectivity index (χ2v) is 4.86. The van der Waals surface area contributed by atoms with Crippen molar-refractivity contribution in [3.05, 3.63) is 0 Å². The van der Waals surface area contributed by atoms with Gasteiger partial charge in [0.25, 0.3) is 0 Å². The zero-order chi connectivity index (χ0) is 9.84. The van der Waals surface area contributed by atoms with Crippen LogP contribution in [0.2, 0.25) is 0 Å². The first kappa shape index (κ1) is 11.0. The van der Waals surface area contributed by atoms with E-state index in [2.05, 4.69) is 25.7 Å². The molecule has 1 aliphatic rings. The molecular formula is C11H24N2. The molecule has 0 aromatic rings. The van der Waals surface area contributed by atoms with Gasteiger partial charge in [-0.3, -0.25) is 0 Å². The van der Waals surface area contributed by atoms with E-state index in [1.807, 2.05) is 0 Å². The van der Waals surface area contributed by atoms with Crippen LogP contribution < -0.4 is 5.73 Å². The molecule has 0 aromatic carbocycles. The molecule has 2 unspecified atom stereocenters. The SMILES string of the molecule is CC(C)CN1CCC(CN)CC1C. The molecular weight excluding hydrogens is 160 g/mol. The van der Waals surface area contributed by atoms with Gasteiger partial charge in [-0.1, -0.05) is 13.8 Å². The van der Waals surface area contributed by atoms with Crippen molar-refractivity contribution in [2.45, 2.75) is 39.7 Å². The Bertz CT molecular complexity index is 145. The lowest BCUT2D eigenvalue weighted by molar-refractivity contribution is 0.112. The lowest BCUT2D eigenvalue weighted by atomic mass is 9.91. The molecule has 0 aromatic heterocycles. The summed E-state index contributed by atoms with van der Waals surface area (Å²) in [5.41, 5.74) is 5.69. The molecule has 78 valence electrons. The lowest BCUT2D eigenvalue weighted by Crippen LogP contribution is -2.44. The van der Waals surface area contributed by atoms with Crippen LogP contribution in [-0.2, 0) is 0 Å². The van der Waals surface area contributed by atoms with E-state index in [0.29, 0.717) is 0 Å². The Balaban J connectivity index is 2.35. The Labute approximate surface area is 82.5 Å². The standard InChI is InChI=1S/C11H24N2/c1-9(2)8-13-5-4-11(7-12)6-10(13)3/h9-11H,4-8,12H2,1-3H3. The van der Waals surface area contributed by atoms with E-state index >= 15 is 0 Å². The fraction of sp³-hybridized carbons (Fsp3) is 1.00. The molecule has 0 bridgehead atoms. The van der Waals surface area contributed by atoms with Crippen molar-refractivity contribution in [3.63, 3.8) is 0 Å². The third-order valence-electron chi connectivity index (χ3n) is 3.06. The fourth-order valence-corrected chi connectivity index (χ4v) is 2.27. The first-order valence-electron chi connectivity index (χ1n) is 5.57. The molecule has 1 aliphatic heterocycles. The van der Waals surface area contributed by atoms with Crippen molar-refractivity contribution in [2.24, 2.45) is 17.6 Å². The van der Waals surface area contributed by atoms with Crippen LogP contribution in [0.5, 0.6) is 0 Å². The maximum absolute atomic E-state index is 5.69. The minimum absolute atomic E-state index is 0.740. The van der Waals surface area contributed by atoms with E-state index in [-0.39, 0.29) is 0 Å². The summed E-state index contributed by atoms with van der Waals surface area (Å²) in [6, 6.07) is 0.740. The third kappa shape index (κ3) is 3.28. The van der Waals surface area contributed by atoms with Gasteiger partial charge in [-0.05, 0) is 44.7 Å². The summed E-state index contributed by atoms with van der Waals surface area (Å²) in [6.45, 7) is 10.3. The molecule has 0 saturated carbocycles. The molecule has 1 fully saturated rings. The molecule has 2 atom stereocenters. The smallest absolute Gasteiger partial charge is 0.00701 e. The minimum Gasteiger partial charge on any atom is -0.330 e. The molecule has 13 heavy (non-hydrogen) atoms. The number of rotatable bonds is 3. The van der Waals surface area contributed by atoms with Gasteiger partial charge in [0.2, 0.25) is 0 Å². The van der Waals surface area contributed by atoms with E-state index in [4.69, 9.17) is 5.73 Å². The molecule has 0 aliphatic carbocycles. The zero-order valence-electron chi connectivity index (χ0n) is 9.29. The van der Waals surface area contributed by atoms with Gasteiger partial charge in [-0.2, -0.15) is 0 Å². The van der Waals surface area contributed by atoms with E-state index in [9.17, 15) is 0 Å². The van der Waals surface area contributed by atoms with Crippen LogP contribution in [-0.4, -0.2) is 30.6 Å². The number of nitrogens with two attached hydrogens (primary N) is 1. The highest BCUT2D eigenvalue weighted by Gasteiger charge is 2.24. The average Bonchev–Trinajstić information content (AvgIpc) is 2.08. The average molecular weight is 184 g/mol. The minimum atomic E-state index is 0.740. The van der Waals surface area contributed by atoms with Crippen molar-refractivity contribution in [2.75, 3.05) is 19.6 Å². The van der Waals surface area contributed by atoms with Gasteiger partial charge in [0, 0.05) is 12.6 Å². The van der Waals surface area contributed by atoms with E-state index in [0.717, 1.165) is 24.4 Å². The van der Waals surface area contributed by atoms with Gasteiger partial charge in [0.05, 0.1) is 0 Å². The van der Waals surface area contributed by atoms with E-state index in [1.165, 1.54) is 25.9 Å². The first-order valence-corrected chi connectivity index (χ1v) is 5.57. The highest BCUT2D eigenvalue weighted by Crippen LogP contribution is 2.22. The van der Waals surface area contributed by atoms with Crippen molar-refractivity contribution in [3.8, 4) is 0 Å². The number of likely N-dealkylation sites (tertiary alicyclic amines) is 1. The Hall–Kier alpha value is -0.0800. The second kappa shape index (κ2) is 4.97. The zero-order valence-corrected chi connectivity index (χ0v) is 9.29. The first-order chi connectivity index (χ1) is 6.13. The van der Waals surface area contributed by atoms with Gasteiger partial charge in [-0.25, -0.2) is 0 Å². The third-order valence-corrected chi connectivity index (χ3v) is 3.06. The summed E-state index contributed by atoms with van der Waals surface area (Å²) in [5.74, 6) is 1.57. The Morgan fingerprint density at radius 3 is 2.62 bits per heavy atom. The van der Waals surface area contributed by atoms with Gasteiger partial charge in [0.15, 0.2) is 0 Å². The van der Waals surface area contributed by atoms with Gasteiger partial charge >= 0.3 is 0 Å². The van der Waals surface area contributed by atoms with E-state index in [1.54, 1.807) is 0 Å². The topological polar surface area (TPSA) is 29.3 Å². The molecule has 1 saturated heterocycles. The summed E-state index contributed by atoms with van der Waals surface area (Å²) >= 11 is 0. The van der Waals surface area contributed by atoms with Crippen LogP contribution in [0.3, 0.4) is 0 Å². The normalized spacial score (nSPS) is 31.2. The molecule has 0 spiro atoms. The Kier molecular flexibility index (Phi) is 4.20. The fourth-order valence-electron chi connectivity index (χ4n) is 2.27. The van der Waals surface area contributed by atoms with Crippen LogP contribution in [0.15, 0.2) is 0 Å². The summed E-state index contributed by atoms with van der Waals surface area (Å²) in [5, 5.41) is 0. The molecule has 2 heteroatoms. The molecule has 0 amide bonds. The molecule has 2 N–H and O–H groups in total. The molecule has 2 nitrogen and oxygen atoms in total. The summed E-state index contributed by atoms with van der Waals surface area (Å²) in [4.78, 5) is 2.61. The number of hydrogen-bond donors (Lipinski definition) is 1. The molecule has 0 radical (unpaired) electrons. The predicted octanol–water partition coefficient (Wildman–Crippen LogP) is 1.70. The number of piperidine rings is 1. The highest BCUT2D eigenvalue weighted by molar-refractivity contribution is 4.79. The number of nitrogens with zero attached hydrogens (tertiary/aromatic N) is 1. The Morgan fingerprint density at radius 1 is 1.46 bits per heavy atom. The quantitative estimate of drug-likeness (QED) is 0.723. The summed E-state index contributed by atoms with van der Waals surface area (Å²) in [6.07, 6.45) is 2.59. The van der Waals surface area contributed by atoms with Crippen molar-refractivity contribution < 1.29 is 0 Å². The maximum atomic E-state index is 5.69. The highest BCUT2D eigenvalue weighted by atomic mass is 15.2. The van der Waals surface area contributed by atoms with Crippen molar-refractivity contribution in [1.29, 1.82) is 0 Å². The molecule has 1 rings (SSSR count). The van der Waals surface area contributed by atoms with Crippen molar-refractivity contribution in [1.82, 2.24) is 4.90 Å². The van der Waals surface area contributed by atoms with Gasteiger partial charge < -0.3 is 10.6 Å². The van der Waals surface area contributed by atoms with Crippen LogP contribution in [0.1, 0.15) is 33.6 Å². The van der Waals surface area contributed by atoms with Crippen LogP contribution >= 0.6 is 0 Å². The Morgan fingerprint density at radius 2 is 2.15 bits per heavy atom. The maximum Gasteiger partial charge on any atom is 0.00701 e. The monoisotopic (exact) mass is 184 g/mol. The van der Waals surface area contributed by atoms with Crippen molar-refractivity contribution >= 4 is 0 Å². The van der Waals surface area contributed by atoms with Gasteiger partial charge in [0.1, 0.15) is 0 Å². The van der Waals surface area contributed by atoms with Crippen LogP contribution in [0.25, 0.3) is 0 Å². The number of hydrogen-bond acceptors (Lipinski definition) is 2.